The molecule has 0 aliphatic carbocycles. The Hall–Kier alpha value is -1.00. The number of rotatable bonds is 1. The second-order valence-corrected chi connectivity index (χ2v) is 2.88. The van der Waals surface area contributed by atoms with Gasteiger partial charge in [0, 0.05) is 11.0 Å². The number of hydrogen-bond donors (Lipinski definition) is 2. The summed E-state index contributed by atoms with van der Waals surface area (Å²) in [7, 11) is 0. The monoisotopic (exact) mass is 171 g/mol. The summed E-state index contributed by atoms with van der Waals surface area (Å²) in [5, 5.41) is 9.94. The molecule has 0 amide bonds. The van der Waals surface area contributed by atoms with Crippen LogP contribution < -0.4 is 10.6 Å². The second-order valence-electron chi connectivity index (χ2n) is 2.48. The maximum atomic E-state index is 8.15. The minimum absolute atomic E-state index is 0.191. The van der Waals surface area contributed by atoms with Crippen molar-refractivity contribution in [1.29, 1.82) is 0 Å². The first-order valence-corrected chi connectivity index (χ1v) is 3.74. The maximum Gasteiger partial charge on any atom is 0.166 e. The lowest BCUT2D eigenvalue weighted by Gasteiger charge is -2.27. The maximum absolute atomic E-state index is 8.15. The van der Waals surface area contributed by atoms with Gasteiger partial charge in [-0.3, -0.25) is 0 Å². The highest BCUT2D eigenvalue weighted by Crippen LogP contribution is 2.04. The summed E-state index contributed by atoms with van der Waals surface area (Å²) in [6.07, 6.45) is 0.577. The van der Waals surface area contributed by atoms with E-state index < -0.39 is 0 Å². The first-order valence-electron chi connectivity index (χ1n) is 3.33. The Morgan fingerprint density at radius 3 is 3.00 bits per heavy atom. The van der Waals surface area contributed by atoms with Crippen molar-refractivity contribution < 1.29 is 0 Å². The molecule has 6 heteroatoms. The van der Waals surface area contributed by atoms with E-state index in [9.17, 15) is 0 Å². The molecule has 1 heterocycles. The molecule has 2 atom stereocenters. The summed E-state index contributed by atoms with van der Waals surface area (Å²) in [5.41, 5.74) is 8.15. The van der Waals surface area contributed by atoms with Crippen LogP contribution in [0.25, 0.3) is 10.4 Å². The molecule has 0 aromatic carbocycles. The largest absolute Gasteiger partial charge is 0.360 e. The number of nitrogens with zero attached hydrogens (tertiary/aromatic N) is 3. The van der Waals surface area contributed by atoms with Gasteiger partial charge in [-0.15, -0.1) is 0 Å². The molecule has 1 aliphatic heterocycles. The van der Waals surface area contributed by atoms with Crippen molar-refractivity contribution in [2.24, 2.45) is 5.11 Å². The second kappa shape index (κ2) is 3.41. The topological polar surface area (TPSA) is 72.8 Å². The van der Waals surface area contributed by atoms with E-state index in [0.717, 1.165) is 6.42 Å². The minimum Gasteiger partial charge on any atom is -0.360 e. The summed E-state index contributed by atoms with van der Waals surface area (Å²) in [4.78, 5) is 2.70. The lowest BCUT2D eigenvalue weighted by atomic mass is 10.2. The molecule has 1 fully saturated rings. The van der Waals surface area contributed by atoms with Crippen LogP contribution >= 0.6 is 12.2 Å². The Kier molecular flexibility index (Phi) is 2.51. The van der Waals surface area contributed by atoms with Crippen molar-refractivity contribution in [3.05, 3.63) is 10.4 Å². The van der Waals surface area contributed by atoms with Crippen LogP contribution in [0, 0.1) is 0 Å². The highest BCUT2D eigenvalue weighted by Gasteiger charge is 2.18. The Balaban J connectivity index is 2.56. The fourth-order valence-corrected chi connectivity index (χ4v) is 1.35. The Morgan fingerprint density at radius 1 is 1.73 bits per heavy atom. The van der Waals surface area contributed by atoms with Crippen LogP contribution in [0.15, 0.2) is 5.11 Å². The SMILES string of the molecule is CC1CC(N=[N+]=[N-])NC(=S)N1. The first kappa shape index (κ1) is 8.10. The molecule has 1 saturated heterocycles. The predicted octanol–water partition coefficient (Wildman–Crippen LogP) is 0.879. The van der Waals surface area contributed by atoms with Crippen LogP contribution in [0.3, 0.4) is 0 Å². The molecule has 11 heavy (non-hydrogen) atoms. The lowest BCUT2D eigenvalue weighted by molar-refractivity contribution is 0.452. The Labute approximate surface area is 69.8 Å². The van der Waals surface area contributed by atoms with Crippen molar-refractivity contribution in [3.8, 4) is 0 Å². The number of hydrogen-bond acceptors (Lipinski definition) is 2. The third-order valence-corrected chi connectivity index (χ3v) is 1.68. The van der Waals surface area contributed by atoms with Crippen molar-refractivity contribution in [1.82, 2.24) is 10.6 Å². The summed E-state index contributed by atoms with van der Waals surface area (Å²) >= 11 is 4.87. The zero-order chi connectivity index (χ0) is 8.27. The number of azide groups is 1. The molecule has 0 aromatic rings. The van der Waals surface area contributed by atoms with E-state index in [2.05, 4.69) is 20.7 Å². The van der Waals surface area contributed by atoms with Gasteiger partial charge in [-0.1, -0.05) is 5.11 Å². The standard InChI is InChI=1S/C5H9N5S/c1-3-2-4(9-10-6)8-5(11)7-3/h3-4H,2H2,1H3,(H2,7,8,11). The van der Waals surface area contributed by atoms with Gasteiger partial charge in [0.05, 0.1) is 0 Å². The lowest BCUT2D eigenvalue weighted by Crippen LogP contribution is -2.52. The van der Waals surface area contributed by atoms with Crippen molar-refractivity contribution in [2.45, 2.75) is 25.6 Å². The molecule has 1 aliphatic rings. The van der Waals surface area contributed by atoms with E-state index >= 15 is 0 Å². The average molecular weight is 171 g/mol. The molecule has 60 valence electrons. The van der Waals surface area contributed by atoms with Gasteiger partial charge in [0.2, 0.25) is 0 Å². The van der Waals surface area contributed by atoms with Gasteiger partial charge in [0.1, 0.15) is 6.17 Å². The van der Waals surface area contributed by atoms with Crippen molar-refractivity contribution >= 4 is 17.3 Å². The highest BCUT2D eigenvalue weighted by atomic mass is 32.1. The van der Waals surface area contributed by atoms with E-state index in [1.54, 1.807) is 0 Å². The van der Waals surface area contributed by atoms with Crippen LogP contribution in [0.1, 0.15) is 13.3 Å². The first-order chi connectivity index (χ1) is 5.22. The molecule has 1 rings (SSSR count). The number of thiocarbonyl (C=S) groups is 1. The molecule has 2 unspecified atom stereocenters. The van der Waals surface area contributed by atoms with Gasteiger partial charge in [-0.25, -0.2) is 0 Å². The quantitative estimate of drug-likeness (QED) is 0.266. The van der Waals surface area contributed by atoms with Crippen molar-refractivity contribution in [3.63, 3.8) is 0 Å². The third-order valence-electron chi connectivity index (χ3n) is 1.44. The molecule has 5 nitrogen and oxygen atoms in total. The van der Waals surface area contributed by atoms with E-state index in [1.165, 1.54) is 0 Å². The summed E-state index contributed by atoms with van der Waals surface area (Å²) in [6, 6.07) is 0.277. The predicted molar refractivity (Wildman–Crippen MR) is 45.9 cm³/mol. The fourth-order valence-electron chi connectivity index (χ4n) is 1.01. The molecule has 0 spiro atoms. The van der Waals surface area contributed by atoms with Crippen LogP contribution in [-0.2, 0) is 0 Å². The van der Waals surface area contributed by atoms with E-state index in [-0.39, 0.29) is 12.2 Å². The summed E-state index contributed by atoms with van der Waals surface area (Å²) in [5.74, 6) is 0. The summed E-state index contributed by atoms with van der Waals surface area (Å²) < 4.78 is 0. The van der Waals surface area contributed by atoms with Crippen LogP contribution in [0.2, 0.25) is 0 Å². The molecule has 0 bridgehead atoms. The van der Waals surface area contributed by atoms with Crippen LogP contribution in [0.5, 0.6) is 0 Å². The minimum atomic E-state index is -0.191. The normalized spacial score (nSPS) is 29.7. The van der Waals surface area contributed by atoms with Gasteiger partial charge in [-0.2, -0.15) is 0 Å². The smallest absolute Gasteiger partial charge is 0.166 e. The highest BCUT2D eigenvalue weighted by molar-refractivity contribution is 7.80. The van der Waals surface area contributed by atoms with E-state index in [0.29, 0.717) is 5.11 Å². The van der Waals surface area contributed by atoms with Crippen LogP contribution in [-0.4, -0.2) is 17.3 Å². The molecule has 0 saturated carbocycles. The zero-order valence-corrected chi connectivity index (χ0v) is 6.93. The Morgan fingerprint density at radius 2 is 2.45 bits per heavy atom. The Bertz CT molecular complexity index is 209. The molecule has 2 N–H and O–H groups in total. The molecule has 0 radical (unpaired) electrons. The molecular formula is C5H9N5S. The zero-order valence-electron chi connectivity index (χ0n) is 6.11. The summed E-state index contributed by atoms with van der Waals surface area (Å²) in [6.45, 7) is 1.99. The van der Waals surface area contributed by atoms with Gasteiger partial charge in [-0.05, 0) is 31.1 Å². The number of nitrogens with one attached hydrogen (secondary N) is 2. The average Bonchev–Trinajstić information content (AvgIpc) is 1.85. The van der Waals surface area contributed by atoms with E-state index in [1.807, 2.05) is 6.92 Å². The third kappa shape index (κ3) is 2.25. The molecule has 0 aromatic heterocycles. The van der Waals surface area contributed by atoms with Gasteiger partial charge < -0.3 is 10.6 Å². The van der Waals surface area contributed by atoms with Gasteiger partial charge in [0.25, 0.3) is 0 Å². The van der Waals surface area contributed by atoms with Gasteiger partial charge in [0.15, 0.2) is 5.11 Å². The fraction of sp³-hybridized carbons (Fsp3) is 0.800. The van der Waals surface area contributed by atoms with Crippen LogP contribution in [0.4, 0.5) is 0 Å². The van der Waals surface area contributed by atoms with Crippen molar-refractivity contribution in [2.75, 3.05) is 0 Å². The molecular weight excluding hydrogens is 162 g/mol. The van der Waals surface area contributed by atoms with E-state index in [4.69, 9.17) is 17.7 Å². The van der Waals surface area contributed by atoms with Gasteiger partial charge >= 0.3 is 0 Å².